The number of benzene rings is 1. The van der Waals surface area contributed by atoms with Crippen LogP contribution < -0.4 is 10.2 Å². The molecule has 0 spiro atoms. The van der Waals surface area contributed by atoms with E-state index in [9.17, 15) is 9.50 Å². The number of hydrogen-bond donors (Lipinski definition) is 2. The van der Waals surface area contributed by atoms with Crippen molar-refractivity contribution in [3.63, 3.8) is 0 Å². The molecule has 1 saturated heterocycles. The van der Waals surface area contributed by atoms with E-state index >= 15 is 0 Å². The summed E-state index contributed by atoms with van der Waals surface area (Å²) in [4.78, 5) is 2.05. The Morgan fingerprint density at radius 1 is 1.33 bits per heavy atom. The molecule has 4 heteroatoms. The lowest BCUT2D eigenvalue weighted by Crippen LogP contribution is -2.29. The van der Waals surface area contributed by atoms with Gasteiger partial charge >= 0.3 is 0 Å². The summed E-state index contributed by atoms with van der Waals surface area (Å²) in [7, 11) is 0. The molecule has 0 saturated carbocycles. The standard InChI is InChI=1S/C17H27FN2O/c1-13(2)19-12-14-5-6-16(15(18)11-14)20-9-4-7-17(3,21)8-10-20/h5-6,11,13,19,21H,4,7-10,12H2,1-3H3. The minimum absolute atomic E-state index is 0.167. The third-order valence-electron chi connectivity index (χ3n) is 4.13. The molecule has 0 radical (unpaired) electrons. The molecule has 118 valence electrons. The van der Waals surface area contributed by atoms with Gasteiger partial charge in [-0.15, -0.1) is 0 Å². The highest BCUT2D eigenvalue weighted by molar-refractivity contribution is 5.49. The molecule has 1 aromatic rings. The summed E-state index contributed by atoms with van der Waals surface area (Å²) in [5.41, 5.74) is 1.000. The van der Waals surface area contributed by atoms with Crippen LogP contribution in [0.25, 0.3) is 0 Å². The van der Waals surface area contributed by atoms with E-state index in [2.05, 4.69) is 24.1 Å². The zero-order chi connectivity index (χ0) is 15.5. The zero-order valence-electron chi connectivity index (χ0n) is 13.3. The largest absolute Gasteiger partial charge is 0.390 e. The third-order valence-corrected chi connectivity index (χ3v) is 4.13. The summed E-state index contributed by atoms with van der Waals surface area (Å²) < 4.78 is 14.4. The Labute approximate surface area is 127 Å². The van der Waals surface area contributed by atoms with Gasteiger partial charge in [0, 0.05) is 25.7 Å². The van der Waals surface area contributed by atoms with E-state index in [4.69, 9.17) is 0 Å². The highest BCUT2D eigenvalue weighted by Crippen LogP contribution is 2.27. The Balaban J connectivity index is 2.06. The Bertz CT molecular complexity index is 474. The van der Waals surface area contributed by atoms with Crippen molar-refractivity contribution in [3.05, 3.63) is 29.6 Å². The summed E-state index contributed by atoms with van der Waals surface area (Å²) in [6.45, 7) is 8.21. The molecule has 2 N–H and O–H groups in total. The molecular weight excluding hydrogens is 267 g/mol. The van der Waals surface area contributed by atoms with Crippen molar-refractivity contribution >= 4 is 5.69 Å². The Hall–Kier alpha value is -1.13. The van der Waals surface area contributed by atoms with Gasteiger partial charge in [0.05, 0.1) is 11.3 Å². The van der Waals surface area contributed by atoms with Crippen LogP contribution in [-0.4, -0.2) is 29.8 Å². The fourth-order valence-corrected chi connectivity index (χ4v) is 2.74. The van der Waals surface area contributed by atoms with E-state index in [0.29, 0.717) is 31.2 Å². The first-order valence-electron chi connectivity index (χ1n) is 7.86. The lowest BCUT2D eigenvalue weighted by Gasteiger charge is -2.25. The minimum atomic E-state index is -0.619. The Morgan fingerprint density at radius 2 is 2.10 bits per heavy atom. The fourth-order valence-electron chi connectivity index (χ4n) is 2.74. The number of nitrogens with zero attached hydrogens (tertiary/aromatic N) is 1. The van der Waals surface area contributed by atoms with E-state index < -0.39 is 5.60 Å². The normalized spacial score (nSPS) is 23.4. The third kappa shape index (κ3) is 4.68. The van der Waals surface area contributed by atoms with Gasteiger partial charge in [-0.25, -0.2) is 4.39 Å². The predicted octanol–water partition coefficient (Wildman–Crippen LogP) is 3.07. The molecule has 21 heavy (non-hydrogen) atoms. The molecule has 0 aliphatic carbocycles. The average molecular weight is 294 g/mol. The SMILES string of the molecule is CC(C)NCc1ccc(N2CCCC(C)(O)CC2)c(F)c1. The van der Waals surface area contributed by atoms with Crippen LogP contribution in [0.3, 0.4) is 0 Å². The van der Waals surface area contributed by atoms with Crippen LogP contribution in [0.2, 0.25) is 0 Å². The zero-order valence-corrected chi connectivity index (χ0v) is 13.3. The molecular formula is C17H27FN2O. The van der Waals surface area contributed by atoms with Gasteiger partial charge in [-0.1, -0.05) is 19.9 Å². The second-order valence-electron chi connectivity index (χ2n) is 6.66. The van der Waals surface area contributed by atoms with Crippen molar-refractivity contribution in [2.75, 3.05) is 18.0 Å². The Kier molecular flexibility index (Phi) is 5.22. The molecule has 0 amide bonds. The van der Waals surface area contributed by atoms with Gasteiger partial charge in [0.1, 0.15) is 5.82 Å². The van der Waals surface area contributed by atoms with Crippen molar-refractivity contribution in [1.29, 1.82) is 0 Å². The van der Waals surface area contributed by atoms with Crippen LogP contribution in [-0.2, 0) is 6.54 Å². The lowest BCUT2D eigenvalue weighted by molar-refractivity contribution is 0.0481. The number of rotatable bonds is 4. The van der Waals surface area contributed by atoms with Crippen molar-refractivity contribution in [1.82, 2.24) is 5.32 Å². The lowest BCUT2D eigenvalue weighted by atomic mass is 9.98. The number of nitrogens with one attached hydrogen (secondary N) is 1. The molecule has 1 heterocycles. The number of aliphatic hydroxyl groups is 1. The molecule has 1 fully saturated rings. The Morgan fingerprint density at radius 3 is 2.76 bits per heavy atom. The quantitative estimate of drug-likeness (QED) is 0.896. The highest BCUT2D eigenvalue weighted by atomic mass is 19.1. The summed E-state index contributed by atoms with van der Waals surface area (Å²) in [6, 6.07) is 5.86. The van der Waals surface area contributed by atoms with Crippen molar-refractivity contribution in [2.45, 2.75) is 58.2 Å². The van der Waals surface area contributed by atoms with E-state index in [-0.39, 0.29) is 5.82 Å². The van der Waals surface area contributed by atoms with Crippen LogP contribution in [0.15, 0.2) is 18.2 Å². The number of anilines is 1. The number of hydrogen-bond acceptors (Lipinski definition) is 3. The predicted molar refractivity (Wildman–Crippen MR) is 85.1 cm³/mol. The molecule has 1 atom stereocenters. The second-order valence-corrected chi connectivity index (χ2v) is 6.66. The monoisotopic (exact) mass is 294 g/mol. The van der Waals surface area contributed by atoms with E-state index in [1.54, 1.807) is 6.07 Å². The van der Waals surface area contributed by atoms with Crippen molar-refractivity contribution in [3.8, 4) is 0 Å². The summed E-state index contributed by atoms with van der Waals surface area (Å²) in [5.74, 6) is -0.167. The van der Waals surface area contributed by atoms with Crippen LogP contribution in [0, 0.1) is 5.82 Å². The van der Waals surface area contributed by atoms with Gasteiger partial charge in [-0.2, -0.15) is 0 Å². The van der Waals surface area contributed by atoms with E-state index in [1.807, 2.05) is 19.1 Å². The van der Waals surface area contributed by atoms with E-state index in [1.165, 1.54) is 0 Å². The summed E-state index contributed by atoms with van der Waals surface area (Å²) in [5, 5.41) is 13.4. The fraction of sp³-hybridized carbons (Fsp3) is 0.647. The summed E-state index contributed by atoms with van der Waals surface area (Å²) >= 11 is 0. The minimum Gasteiger partial charge on any atom is -0.390 e. The van der Waals surface area contributed by atoms with Gasteiger partial charge in [-0.3, -0.25) is 0 Å². The molecule has 0 aromatic heterocycles. The summed E-state index contributed by atoms with van der Waals surface area (Å²) in [6.07, 6.45) is 2.35. The first kappa shape index (κ1) is 16.2. The van der Waals surface area contributed by atoms with Gasteiger partial charge in [0.15, 0.2) is 0 Å². The average Bonchev–Trinajstić information content (AvgIpc) is 2.58. The van der Waals surface area contributed by atoms with Gasteiger partial charge in [-0.05, 0) is 43.9 Å². The van der Waals surface area contributed by atoms with Crippen LogP contribution in [0.1, 0.15) is 45.6 Å². The molecule has 1 unspecified atom stereocenters. The molecule has 1 aromatic carbocycles. The molecule has 0 bridgehead atoms. The van der Waals surface area contributed by atoms with Crippen LogP contribution >= 0.6 is 0 Å². The maximum atomic E-state index is 14.4. The van der Waals surface area contributed by atoms with Crippen LogP contribution in [0.4, 0.5) is 10.1 Å². The van der Waals surface area contributed by atoms with E-state index in [0.717, 1.165) is 24.9 Å². The van der Waals surface area contributed by atoms with Crippen molar-refractivity contribution in [2.24, 2.45) is 0 Å². The maximum absolute atomic E-state index is 14.4. The van der Waals surface area contributed by atoms with Gasteiger partial charge in [0.2, 0.25) is 0 Å². The smallest absolute Gasteiger partial charge is 0.146 e. The topological polar surface area (TPSA) is 35.5 Å². The van der Waals surface area contributed by atoms with Gasteiger partial charge < -0.3 is 15.3 Å². The molecule has 1 aliphatic rings. The highest BCUT2D eigenvalue weighted by Gasteiger charge is 2.25. The van der Waals surface area contributed by atoms with Crippen molar-refractivity contribution < 1.29 is 9.50 Å². The second kappa shape index (κ2) is 6.75. The molecule has 1 aliphatic heterocycles. The molecule has 2 rings (SSSR count). The number of halogens is 1. The molecule has 3 nitrogen and oxygen atoms in total. The van der Waals surface area contributed by atoms with Gasteiger partial charge in [0.25, 0.3) is 0 Å². The first-order valence-corrected chi connectivity index (χ1v) is 7.86. The van der Waals surface area contributed by atoms with Crippen LogP contribution in [0.5, 0.6) is 0 Å². The first-order chi connectivity index (χ1) is 9.87. The maximum Gasteiger partial charge on any atom is 0.146 e.